The van der Waals surface area contributed by atoms with Crippen LogP contribution in [0, 0.1) is 6.92 Å². The lowest BCUT2D eigenvalue weighted by Gasteiger charge is -2.16. The maximum atomic E-state index is 12.3. The van der Waals surface area contributed by atoms with Gasteiger partial charge in [0.15, 0.2) is 0 Å². The van der Waals surface area contributed by atoms with Gasteiger partial charge in [-0.25, -0.2) is 9.78 Å². The Labute approximate surface area is 191 Å². The van der Waals surface area contributed by atoms with Crippen molar-refractivity contribution in [2.45, 2.75) is 25.0 Å². The van der Waals surface area contributed by atoms with Crippen molar-refractivity contribution in [1.82, 2.24) is 4.98 Å². The van der Waals surface area contributed by atoms with Crippen LogP contribution in [0.2, 0.25) is 0 Å². The average Bonchev–Trinajstić information content (AvgIpc) is 2.83. The second kappa shape index (κ2) is 10.2. The maximum Gasteiger partial charge on any atom is 0.412 e. The van der Waals surface area contributed by atoms with Gasteiger partial charge in [-0.3, -0.25) is 5.32 Å². The van der Waals surface area contributed by atoms with Crippen molar-refractivity contribution in [3.63, 3.8) is 0 Å². The molecule has 4 rings (SSSR count). The van der Waals surface area contributed by atoms with Crippen LogP contribution in [0.15, 0.2) is 83.8 Å². The molecule has 0 aliphatic heterocycles. The molecule has 0 radical (unpaired) electrons. The van der Waals surface area contributed by atoms with Gasteiger partial charge in [0.05, 0.1) is 11.2 Å². The first-order valence-electron chi connectivity index (χ1n) is 10.3. The van der Waals surface area contributed by atoms with Gasteiger partial charge in [0, 0.05) is 21.5 Å². The summed E-state index contributed by atoms with van der Waals surface area (Å²) in [6, 6.07) is 25.4. The Bertz CT molecular complexity index is 1210. The number of carbonyl (C=O) groups excluding carboxylic acids is 1. The summed E-state index contributed by atoms with van der Waals surface area (Å²) in [7, 11) is 0. The number of nitrogens with one attached hydrogen (secondary N) is 1. The summed E-state index contributed by atoms with van der Waals surface area (Å²) in [5.41, 5.74) is 4.09. The molecular weight excluding hydrogens is 420 g/mol. The van der Waals surface area contributed by atoms with Crippen LogP contribution < -0.4 is 10.1 Å². The van der Waals surface area contributed by atoms with Gasteiger partial charge in [-0.05, 0) is 55.1 Å². The van der Waals surface area contributed by atoms with Gasteiger partial charge in [-0.1, -0.05) is 42.5 Å². The summed E-state index contributed by atoms with van der Waals surface area (Å²) in [5.74, 6) is 0.756. The number of amides is 1. The minimum absolute atomic E-state index is 0.0487. The molecule has 0 fully saturated rings. The molecule has 6 heteroatoms. The van der Waals surface area contributed by atoms with E-state index in [-0.39, 0.29) is 6.61 Å². The van der Waals surface area contributed by atoms with E-state index in [9.17, 15) is 4.79 Å². The van der Waals surface area contributed by atoms with Gasteiger partial charge >= 0.3 is 6.09 Å². The summed E-state index contributed by atoms with van der Waals surface area (Å²) in [4.78, 5) is 18.1. The quantitative estimate of drug-likeness (QED) is 0.326. The standard InChI is InChI=1S/C26H24N2O3S/c1-18-24(17-31-26(29)27-20-12-14-21(32-2)15-13-20)28-23-11-7-6-10-22(23)25(18)30-16-19-8-4-3-5-9-19/h3-15H,16-17H2,1-2H3,(H,27,29). The molecule has 162 valence electrons. The van der Waals surface area contributed by atoms with E-state index in [2.05, 4.69) is 5.32 Å². The molecule has 5 nitrogen and oxygen atoms in total. The first-order valence-corrected chi connectivity index (χ1v) is 11.5. The van der Waals surface area contributed by atoms with E-state index in [0.717, 1.165) is 32.7 Å². The molecule has 0 aliphatic carbocycles. The molecule has 0 spiro atoms. The van der Waals surface area contributed by atoms with E-state index in [1.54, 1.807) is 11.8 Å². The highest BCUT2D eigenvalue weighted by Gasteiger charge is 2.15. The zero-order chi connectivity index (χ0) is 22.3. The first kappa shape index (κ1) is 21.7. The van der Waals surface area contributed by atoms with Gasteiger partial charge < -0.3 is 9.47 Å². The Hall–Kier alpha value is -3.51. The topological polar surface area (TPSA) is 60.5 Å². The number of hydrogen-bond acceptors (Lipinski definition) is 5. The number of anilines is 1. The van der Waals surface area contributed by atoms with Crippen molar-refractivity contribution in [1.29, 1.82) is 0 Å². The van der Waals surface area contributed by atoms with Crippen LogP contribution in [0.25, 0.3) is 10.9 Å². The van der Waals surface area contributed by atoms with Gasteiger partial charge in [0.1, 0.15) is 19.0 Å². The minimum Gasteiger partial charge on any atom is -0.488 e. The number of thioether (sulfide) groups is 1. The highest BCUT2D eigenvalue weighted by molar-refractivity contribution is 7.98. The normalized spacial score (nSPS) is 10.7. The van der Waals surface area contributed by atoms with Crippen molar-refractivity contribution in [2.24, 2.45) is 0 Å². The highest BCUT2D eigenvalue weighted by atomic mass is 32.2. The second-order valence-corrected chi connectivity index (χ2v) is 8.11. The molecule has 1 aromatic heterocycles. The van der Waals surface area contributed by atoms with Crippen molar-refractivity contribution in [3.8, 4) is 5.75 Å². The van der Waals surface area contributed by atoms with Gasteiger partial charge in [-0.15, -0.1) is 11.8 Å². The number of benzene rings is 3. The molecule has 0 aliphatic rings. The SMILES string of the molecule is CSc1ccc(NC(=O)OCc2nc3ccccc3c(OCc3ccccc3)c2C)cc1. The number of nitrogens with zero attached hydrogens (tertiary/aromatic N) is 1. The van der Waals surface area contributed by atoms with Crippen molar-refractivity contribution >= 4 is 34.4 Å². The maximum absolute atomic E-state index is 12.3. The molecule has 4 aromatic rings. The molecular formula is C26H24N2O3S. The summed E-state index contributed by atoms with van der Waals surface area (Å²) < 4.78 is 11.7. The molecule has 32 heavy (non-hydrogen) atoms. The Kier molecular flexibility index (Phi) is 6.92. The predicted octanol–water partition coefficient (Wildman–Crippen LogP) is 6.59. The zero-order valence-corrected chi connectivity index (χ0v) is 18.8. The number of pyridine rings is 1. The Morgan fingerprint density at radius 3 is 2.41 bits per heavy atom. The van der Waals surface area contributed by atoms with Crippen LogP contribution in [0.5, 0.6) is 5.75 Å². The molecule has 3 aromatic carbocycles. The molecule has 0 saturated heterocycles. The summed E-state index contributed by atoms with van der Waals surface area (Å²) in [6.07, 6.45) is 1.48. The number of hydrogen-bond donors (Lipinski definition) is 1. The smallest absolute Gasteiger partial charge is 0.412 e. The molecule has 1 heterocycles. The number of fused-ring (bicyclic) bond motifs is 1. The fourth-order valence-electron chi connectivity index (χ4n) is 3.34. The Morgan fingerprint density at radius 1 is 0.938 bits per heavy atom. The summed E-state index contributed by atoms with van der Waals surface area (Å²) >= 11 is 1.65. The van der Waals surface area contributed by atoms with Crippen molar-refractivity contribution < 1.29 is 14.3 Å². The lowest BCUT2D eigenvalue weighted by atomic mass is 10.1. The summed E-state index contributed by atoms with van der Waals surface area (Å²) in [6.45, 7) is 2.44. The third-order valence-electron chi connectivity index (χ3n) is 5.08. The van der Waals surface area contributed by atoms with E-state index in [1.807, 2.05) is 92.0 Å². The first-order chi connectivity index (χ1) is 15.6. The monoisotopic (exact) mass is 444 g/mol. The number of rotatable bonds is 7. The van der Waals surface area contributed by atoms with E-state index >= 15 is 0 Å². The molecule has 0 bridgehead atoms. The van der Waals surface area contributed by atoms with Crippen molar-refractivity contribution in [2.75, 3.05) is 11.6 Å². The van der Waals surface area contributed by atoms with Gasteiger partial charge in [0.2, 0.25) is 0 Å². The van der Waals surface area contributed by atoms with Gasteiger partial charge in [-0.2, -0.15) is 0 Å². The summed E-state index contributed by atoms with van der Waals surface area (Å²) in [5, 5.41) is 3.69. The second-order valence-electron chi connectivity index (χ2n) is 7.23. The van der Waals surface area contributed by atoms with Gasteiger partial charge in [0.25, 0.3) is 0 Å². The van der Waals surface area contributed by atoms with Crippen LogP contribution in [0.4, 0.5) is 10.5 Å². The number of carbonyl (C=O) groups is 1. The number of para-hydroxylation sites is 1. The van der Waals surface area contributed by atoms with Crippen molar-refractivity contribution in [3.05, 3.63) is 95.7 Å². The minimum atomic E-state index is -0.525. The lowest BCUT2D eigenvalue weighted by Crippen LogP contribution is -2.14. The fourth-order valence-corrected chi connectivity index (χ4v) is 3.75. The number of aromatic nitrogens is 1. The molecule has 1 N–H and O–H groups in total. The molecule has 0 saturated carbocycles. The van der Waals surface area contributed by atoms with E-state index < -0.39 is 6.09 Å². The fraction of sp³-hybridized carbons (Fsp3) is 0.154. The predicted molar refractivity (Wildman–Crippen MR) is 129 cm³/mol. The van der Waals surface area contributed by atoms with E-state index in [1.165, 1.54) is 0 Å². The molecule has 1 amide bonds. The van der Waals surface area contributed by atoms with Crippen LogP contribution in [0.1, 0.15) is 16.8 Å². The third-order valence-corrected chi connectivity index (χ3v) is 5.82. The zero-order valence-electron chi connectivity index (χ0n) is 18.0. The van der Waals surface area contributed by atoms with Crippen LogP contribution in [0.3, 0.4) is 0 Å². The lowest BCUT2D eigenvalue weighted by molar-refractivity contribution is 0.153. The molecule has 0 atom stereocenters. The highest BCUT2D eigenvalue weighted by Crippen LogP contribution is 2.31. The number of ether oxygens (including phenoxy) is 2. The Balaban J connectivity index is 1.50. The average molecular weight is 445 g/mol. The van der Waals surface area contributed by atoms with E-state index in [4.69, 9.17) is 14.5 Å². The third kappa shape index (κ3) is 5.21. The van der Waals surface area contributed by atoms with E-state index in [0.29, 0.717) is 18.0 Å². The van der Waals surface area contributed by atoms with Crippen LogP contribution in [-0.2, 0) is 18.0 Å². The Morgan fingerprint density at radius 2 is 1.66 bits per heavy atom. The largest absolute Gasteiger partial charge is 0.488 e. The van der Waals surface area contributed by atoms with Crippen LogP contribution in [-0.4, -0.2) is 17.3 Å². The van der Waals surface area contributed by atoms with Crippen LogP contribution >= 0.6 is 11.8 Å². The molecule has 0 unspecified atom stereocenters.